The number of rotatable bonds is 6. The third kappa shape index (κ3) is 6.14. The minimum absolute atomic E-state index is 0.0710. The van der Waals surface area contributed by atoms with Crippen molar-refractivity contribution < 1.29 is 14.4 Å². The van der Waals surface area contributed by atoms with Crippen molar-refractivity contribution in [3.8, 4) is 0 Å². The molecule has 8 nitrogen and oxygen atoms in total. The highest BCUT2D eigenvalue weighted by molar-refractivity contribution is 5.94. The van der Waals surface area contributed by atoms with Crippen molar-refractivity contribution in [1.29, 1.82) is 0 Å². The van der Waals surface area contributed by atoms with Gasteiger partial charge in [0.2, 0.25) is 11.8 Å². The number of benzene rings is 2. The van der Waals surface area contributed by atoms with E-state index in [1.165, 1.54) is 0 Å². The van der Waals surface area contributed by atoms with E-state index in [4.69, 9.17) is 5.73 Å². The number of carbonyl (C=O) groups excluding carboxylic acids is 3. The Balaban J connectivity index is 1.36. The first-order chi connectivity index (χ1) is 16.5. The van der Waals surface area contributed by atoms with E-state index >= 15 is 0 Å². The number of urea groups is 1. The normalized spacial score (nSPS) is 21.0. The zero-order valence-corrected chi connectivity index (χ0v) is 19.4. The van der Waals surface area contributed by atoms with Crippen LogP contribution in [0.2, 0.25) is 0 Å². The SMILES string of the molecule is NC(=O)C1CCCN(Cc2ccccc2NC(=O)C2CCCN(C(=O)Nc3ccccc3)C2)C1. The highest BCUT2D eigenvalue weighted by atomic mass is 16.2. The summed E-state index contributed by atoms with van der Waals surface area (Å²) >= 11 is 0. The summed E-state index contributed by atoms with van der Waals surface area (Å²) in [5.74, 6) is -0.703. The van der Waals surface area contributed by atoms with E-state index in [1.807, 2.05) is 54.6 Å². The summed E-state index contributed by atoms with van der Waals surface area (Å²) in [6.07, 6.45) is 3.30. The van der Waals surface area contributed by atoms with Gasteiger partial charge in [-0.1, -0.05) is 36.4 Å². The molecule has 0 aromatic heterocycles. The first-order valence-electron chi connectivity index (χ1n) is 12.0. The van der Waals surface area contributed by atoms with Crippen LogP contribution in [0.1, 0.15) is 31.2 Å². The molecule has 0 bridgehead atoms. The van der Waals surface area contributed by atoms with Crippen molar-refractivity contribution in [2.45, 2.75) is 32.2 Å². The zero-order chi connectivity index (χ0) is 23.9. The molecule has 4 N–H and O–H groups in total. The Morgan fingerprint density at radius 2 is 1.56 bits per heavy atom. The van der Waals surface area contributed by atoms with E-state index < -0.39 is 0 Å². The molecule has 0 spiro atoms. The van der Waals surface area contributed by atoms with Gasteiger partial charge < -0.3 is 21.3 Å². The van der Waals surface area contributed by atoms with Crippen LogP contribution in [0.15, 0.2) is 54.6 Å². The van der Waals surface area contributed by atoms with E-state index in [0.717, 1.165) is 49.2 Å². The molecule has 34 heavy (non-hydrogen) atoms. The molecular weight excluding hydrogens is 430 g/mol. The molecule has 2 aliphatic rings. The Bertz CT molecular complexity index is 1010. The van der Waals surface area contributed by atoms with Gasteiger partial charge in [-0.2, -0.15) is 0 Å². The minimum Gasteiger partial charge on any atom is -0.369 e. The van der Waals surface area contributed by atoms with Gasteiger partial charge in [-0.05, 0) is 56.0 Å². The average Bonchev–Trinajstić information content (AvgIpc) is 2.86. The van der Waals surface area contributed by atoms with Crippen molar-refractivity contribution in [1.82, 2.24) is 9.80 Å². The number of hydrogen-bond donors (Lipinski definition) is 3. The predicted octanol–water partition coefficient (Wildman–Crippen LogP) is 3.27. The van der Waals surface area contributed by atoms with Crippen LogP contribution in [0.3, 0.4) is 0 Å². The maximum atomic E-state index is 13.1. The van der Waals surface area contributed by atoms with Crippen molar-refractivity contribution in [2.75, 3.05) is 36.8 Å². The standard InChI is InChI=1S/C26H33N5O3/c27-24(32)20-9-6-14-30(17-20)16-19-8-4-5-13-23(19)29-25(33)21-10-7-15-31(18-21)26(34)28-22-11-2-1-3-12-22/h1-5,8,11-13,20-21H,6-7,9-10,14-18H2,(H2,27,32)(H,28,34)(H,29,33). The number of carbonyl (C=O) groups is 3. The summed E-state index contributed by atoms with van der Waals surface area (Å²) in [4.78, 5) is 41.4. The topological polar surface area (TPSA) is 108 Å². The predicted molar refractivity (Wildman–Crippen MR) is 132 cm³/mol. The van der Waals surface area contributed by atoms with Gasteiger partial charge in [-0.25, -0.2) is 4.79 Å². The third-order valence-corrected chi connectivity index (χ3v) is 6.68. The maximum Gasteiger partial charge on any atom is 0.321 e. The summed E-state index contributed by atoms with van der Waals surface area (Å²) in [5.41, 5.74) is 8.05. The van der Waals surface area contributed by atoms with Crippen LogP contribution in [0.25, 0.3) is 0 Å². The molecule has 8 heteroatoms. The summed E-state index contributed by atoms with van der Waals surface area (Å²) in [6, 6.07) is 16.9. The summed E-state index contributed by atoms with van der Waals surface area (Å²) < 4.78 is 0. The largest absolute Gasteiger partial charge is 0.369 e. The number of likely N-dealkylation sites (tertiary alicyclic amines) is 2. The number of nitrogens with one attached hydrogen (secondary N) is 2. The Kier molecular flexibility index (Phi) is 7.80. The first kappa shape index (κ1) is 23.8. The lowest BCUT2D eigenvalue weighted by Crippen LogP contribution is -2.45. The number of para-hydroxylation sites is 2. The quantitative estimate of drug-likeness (QED) is 0.611. The molecule has 0 aliphatic carbocycles. The number of nitrogens with zero attached hydrogens (tertiary/aromatic N) is 2. The Morgan fingerprint density at radius 3 is 2.35 bits per heavy atom. The lowest BCUT2D eigenvalue weighted by Gasteiger charge is -2.33. The Labute approximate surface area is 200 Å². The van der Waals surface area contributed by atoms with E-state index in [1.54, 1.807) is 4.90 Å². The molecule has 2 atom stereocenters. The van der Waals surface area contributed by atoms with Crippen molar-refractivity contribution in [2.24, 2.45) is 17.6 Å². The average molecular weight is 464 g/mol. The Hall–Kier alpha value is -3.39. The van der Waals surface area contributed by atoms with Gasteiger partial charge in [-0.15, -0.1) is 0 Å². The number of nitrogens with two attached hydrogens (primary N) is 1. The first-order valence-corrected chi connectivity index (χ1v) is 12.0. The molecule has 180 valence electrons. The number of amides is 4. The molecule has 2 saturated heterocycles. The second-order valence-electron chi connectivity index (χ2n) is 9.20. The fraction of sp³-hybridized carbons (Fsp3) is 0.423. The van der Waals surface area contributed by atoms with E-state index in [2.05, 4.69) is 15.5 Å². The molecule has 0 radical (unpaired) electrons. The van der Waals surface area contributed by atoms with Gasteiger partial charge in [0, 0.05) is 37.6 Å². The highest BCUT2D eigenvalue weighted by Gasteiger charge is 2.29. The third-order valence-electron chi connectivity index (χ3n) is 6.68. The van der Waals surface area contributed by atoms with Gasteiger partial charge in [0.15, 0.2) is 0 Å². The molecule has 2 aromatic carbocycles. The summed E-state index contributed by atoms with van der Waals surface area (Å²) in [6.45, 7) is 3.22. The fourth-order valence-corrected chi connectivity index (χ4v) is 4.79. The van der Waals surface area contributed by atoms with E-state index in [-0.39, 0.29) is 29.7 Å². The fourth-order valence-electron chi connectivity index (χ4n) is 4.79. The van der Waals surface area contributed by atoms with Crippen LogP contribution in [0.4, 0.5) is 16.2 Å². The lowest BCUT2D eigenvalue weighted by atomic mass is 9.96. The lowest BCUT2D eigenvalue weighted by molar-refractivity contribution is -0.123. The van der Waals surface area contributed by atoms with Crippen LogP contribution in [0.5, 0.6) is 0 Å². The Morgan fingerprint density at radius 1 is 0.853 bits per heavy atom. The summed E-state index contributed by atoms with van der Waals surface area (Å²) in [7, 11) is 0. The number of hydrogen-bond acceptors (Lipinski definition) is 4. The molecule has 2 heterocycles. The van der Waals surface area contributed by atoms with Gasteiger partial charge in [0.05, 0.1) is 11.8 Å². The summed E-state index contributed by atoms with van der Waals surface area (Å²) in [5, 5.41) is 6.00. The molecule has 2 unspecified atom stereocenters. The molecule has 2 aromatic rings. The maximum absolute atomic E-state index is 13.1. The van der Waals surface area contributed by atoms with Gasteiger partial charge in [-0.3, -0.25) is 14.5 Å². The van der Waals surface area contributed by atoms with Crippen LogP contribution in [-0.4, -0.2) is 53.8 Å². The monoisotopic (exact) mass is 463 g/mol. The number of anilines is 2. The van der Waals surface area contributed by atoms with E-state index in [0.29, 0.717) is 26.2 Å². The van der Waals surface area contributed by atoms with Gasteiger partial charge in [0.25, 0.3) is 0 Å². The van der Waals surface area contributed by atoms with Crippen LogP contribution in [-0.2, 0) is 16.1 Å². The molecule has 2 aliphatic heterocycles. The zero-order valence-electron chi connectivity index (χ0n) is 19.4. The van der Waals surface area contributed by atoms with Gasteiger partial charge >= 0.3 is 6.03 Å². The van der Waals surface area contributed by atoms with Crippen molar-refractivity contribution >= 4 is 29.2 Å². The smallest absolute Gasteiger partial charge is 0.321 e. The molecule has 4 rings (SSSR count). The molecule has 4 amide bonds. The van der Waals surface area contributed by atoms with E-state index in [9.17, 15) is 14.4 Å². The molecule has 0 saturated carbocycles. The molecule has 2 fully saturated rings. The number of piperidine rings is 2. The van der Waals surface area contributed by atoms with Crippen molar-refractivity contribution in [3.05, 3.63) is 60.2 Å². The molecular formula is C26H33N5O3. The second kappa shape index (κ2) is 11.2. The van der Waals surface area contributed by atoms with Crippen LogP contribution < -0.4 is 16.4 Å². The van der Waals surface area contributed by atoms with Crippen LogP contribution in [0, 0.1) is 11.8 Å². The number of primary amides is 1. The van der Waals surface area contributed by atoms with Gasteiger partial charge in [0.1, 0.15) is 0 Å². The minimum atomic E-state index is -0.266. The highest BCUT2D eigenvalue weighted by Crippen LogP contribution is 2.24. The van der Waals surface area contributed by atoms with Crippen LogP contribution >= 0.6 is 0 Å². The van der Waals surface area contributed by atoms with Crippen molar-refractivity contribution in [3.63, 3.8) is 0 Å². The second-order valence-corrected chi connectivity index (χ2v) is 9.20.